The van der Waals surface area contributed by atoms with E-state index in [0.717, 1.165) is 12.8 Å². The van der Waals surface area contributed by atoms with Crippen molar-refractivity contribution in [2.45, 2.75) is 18.9 Å². The third-order valence-corrected chi connectivity index (χ3v) is 3.52. The monoisotopic (exact) mass is 311 g/mol. The molecule has 2 aromatic rings. The van der Waals surface area contributed by atoms with Crippen molar-refractivity contribution < 1.29 is 14.3 Å². The normalized spacial score (nSPS) is 13.3. The Morgan fingerprint density at radius 2 is 1.74 bits per heavy atom. The van der Waals surface area contributed by atoms with Crippen molar-refractivity contribution in [1.29, 1.82) is 0 Å². The smallest absolute Gasteiger partial charge is 0.257 e. The summed E-state index contributed by atoms with van der Waals surface area (Å²) < 4.78 is 5.07. The van der Waals surface area contributed by atoms with Crippen molar-refractivity contribution >= 4 is 17.5 Å². The second-order valence-corrected chi connectivity index (χ2v) is 5.39. The number of carbonyl (C=O) groups is 2. The highest BCUT2D eigenvalue weighted by Crippen LogP contribution is 2.19. The average molecular weight is 311 g/mol. The van der Waals surface area contributed by atoms with E-state index in [4.69, 9.17) is 4.74 Å². The third-order valence-electron chi connectivity index (χ3n) is 3.52. The molecular formula is C17H17N3O3. The summed E-state index contributed by atoms with van der Waals surface area (Å²) in [6, 6.07) is 8.81. The Morgan fingerprint density at radius 1 is 1.09 bits per heavy atom. The molecule has 3 rings (SSSR count). The van der Waals surface area contributed by atoms with Crippen molar-refractivity contribution in [2.24, 2.45) is 0 Å². The van der Waals surface area contributed by atoms with Gasteiger partial charge in [0.25, 0.3) is 11.8 Å². The molecular weight excluding hydrogens is 294 g/mol. The fourth-order valence-electron chi connectivity index (χ4n) is 2.06. The molecule has 118 valence electrons. The van der Waals surface area contributed by atoms with E-state index < -0.39 is 0 Å². The van der Waals surface area contributed by atoms with E-state index >= 15 is 0 Å². The lowest BCUT2D eigenvalue weighted by Crippen LogP contribution is -2.26. The SMILES string of the molecule is COc1ccc(NC(=O)c2cncc(C(=O)NC3CC3)c2)cc1. The summed E-state index contributed by atoms with van der Waals surface area (Å²) in [7, 11) is 1.58. The van der Waals surface area contributed by atoms with Crippen LogP contribution >= 0.6 is 0 Å². The van der Waals surface area contributed by atoms with Gasteiger partial charge < -0.3 is 15.4 Å². The molecule has 6 heteroatoms. The van der Waals surface area contributed by atoms with E-state index in [2.05, 4.69) is 15.6 Å². The predicted molar refractivity (Wildman–Crippen MR) is 85.7 cm³/mol. The van der Waals surface area contributed by atoms with Crippen molar-refractivity contribution in [3.05, 3.63) is 53.9 Å². The van der Waals surface area contributed by atoms with E-state index in [1.165, 1.54) is 12.4 Å². The van der Waals surface area contributed by atoms with E-state index in [1.54, 1.807) is 37.4 Å². The number of nitrogens with zero attached hydrogens (tertiary/aromatic N) is 1. The van der Waals surface area contributed by atoms with Gasteiger partial charge in [0.1, 0.15) is 5.75 Å². The molecule has 1 fully saturated rings. The Morgan fingerprint density at radius 3 is 2.35 bits per heavy atom. The molecule has 1 aliphatic rings. The van der Waals surface area contributed by atoms with Crippen LogP contribution in [-0.2, 0) is 0 Å². The first kappa shape index (κ1) is 15.0. The second kappa shape index (κ2) is 6.48. The first-order valence-corrected chi connectivity index (χ1v) is 7.37. The van der Waals surface area contributed by atoms with Gasteiger partial charge in [-0.2, -0.15) is 0 Å². The van der Waals surface area contributed by atoms with Crippen LogP contribution < -0.4 is 15.4 Å². The number of rotatable bonds is 5. The Labute approximate surface area is 133 Å². The molecule has 1 saturated carbocycles. The number of hydrogen-bond acceptors (Lipinski definition) is 4. The quantitative estimate of drug-likeness (QED) is 0.887. The maximum Gasteiger partial charge on any atom is 0.257 e. The molecule has 1 aromatic heterocycles. The number of ether oxygens (including phenoxy) is 1. The Balaban J connectivity index is 1.69. The maximum absolute atomic E-state index is 12.3. The van der Waals surface area contributed by atoms with Gasteiger partial charge in [-0.05, 0) is 43.2 Å². The van der Waals surface area contributed by atoms with Gasteiger partial charge in [-0.25, -0.2) is 0 Å². The standard InChI is InChI=1S/C17H17N3O3/c1-23-15-6-4-14(5-7-15)20-17(22)12-8-11(9-18-10-12)16(21)19-13-2-3-13/h4-10,13H,2-3H2,1H3,(H,19,21)(H,20,22). The summed E-state index contributed by atoms with van der Waals surface area (Å²) in [5.74, 6) is 0.200. The van der Waals surface area contributed by atoms with Gasteiger partial charge in [0.15, 0.2) is 0 Å². The average Bonchev–Trinajstić information content (AvgIpc) is 3.39. The minimum absolute atomic E-state index is 0.195. The summed E-state index contributed by atoms with van der Waals surface area (Å²) in [6.07, 6.45) is 4.92. The zero-order valence-corrected chi connectivity index (χ0v) is 12.7. The summed E-state index contributed by atoms with van der Waals surface area (Å²) in [5, 5.41) is 5.64. The molecule has 1 aliphatic carbocycles. The van der Waals surface area contributed by atoms with Gasteiger partial charge in [0.2, 0.25) is 0 Å². The zero-order chi connectivity index (χ0) is 16.2. The number of aromatic nitrogens is 1. The van der Waals surface area contributed by atoms with Crippen LogP contribution in [0, 0.1) is 0 Å². The molecule has 0 radical (unpaired) electrons. The van der Waals surface area contributed by atoms with Crippen LogP contribution in [0.15, 0.2) is 42.7 Å². The molecule has 0 spiro atoms. The fourth-order valence-corrected chi connectivity index (χ4v) is 2.06. The number of anilines is 1. The van der Waals surface area contributed by atoms with Gasteiger partial charge in [-0.3, -0.25) is 14.6 Å². The number of benzene rings is 1. The molecule has 6 nitrogen and oxygen atoms in total. The highest BCUT2D eigenvalue weighted by molar-refractivity contribution is 6.05. The van der Waals surface area contributed by atoms with Crippen LogP contribution in [-0.4, -0.2) is 29.9 Å². The Hall–Kier alpha value is -2.89. The van der Waals surface area contributed by atoms with Crippen molar-refractivity contribution in [3.63, 3.8) is 0 Å². The summed E-state index contributed by atoms with van der Waals surface area (Å²) in [5.41, 5.74) is 1.37. The van der Waals surface area contributed by atoms with Gasteiger partial charge >= 0.3 is 0 Å². The number of hydrogen-bond donors (Lipinski definition) is 2. The summed E-state index contributed by atoms with van der Waals surface area (Å²) in [6.45, 7) is 0. The molecule has 1 heterocycles. The van der Waals surface area contributed by atoms with Crippen molar-refractivity contribution in [3.8, 4) is 5.75 Å². The van der Waals surface area contributed by atoms with E-state index in [0.29, 0.717) is 22.6 Å². The van der Waals surface area contributed by atoms with Crippen LogP contribution in [0.2, 0.25) is 0 Å². The lowest BCUT2D eigenvalue weighted by molar-refractivity contribution is 0.0950. The van der Waals surface area contributed by atoms with Gasteiger partial charge in [-0.15, -0.1) is 0 Å². The minimum atomic E-state index is -0.316. The largest absolute Gasteiger partial charge is 0.497 e. The molecule has 0 atom stereocenters. The van der Waals surface area contributed by atoms with Crippen LogP contribution in [0.1, 0.15) is 33.6 Å². The van der Waals surface area contributed by atoms with Gasteiger partial charge in [0.05, 0.1) is 18.2 Å². The van der Waals surface area contributed by atoms with E-state index in [9.17, 15) is 9.59 Å². The molecule has 0 bridgehead atoms. The lowest BCUT2D eigenvalue weighted by Gasteiger charge is -2.08. The first-order valence-electron chi connectivity index (χ1n) is 7.37. The van der Waals surface area contributed by atoms with Crippen LogP contribution in [0.4, 0.5) is 5.69 Å². The van der Waals surface area contributed by atoms with Crippen molar-refractivity contribution in [2.75, 3.05) is 12.4 Å². The molecule has 0 saturated heterocycles. The van der Waals surface area contributed by atoms with Crippen LogP contribution in [0.5, 0.6) is 5.75 Å². The lowest BCUT2D eigenvalue weighted by atomic mass is 10.2. The fraction of sp³-hybridized carbons (Fsp3) is 0.235. The first-order chi connectivity index (χ1) is 11.2. The highest BCUT2D eigenvalue weighted by atomic mass is 16.5. The van der Waals surface area contributed by atoms with Crippen LogP contribution in [0.3, 0.4) is 0 Å². The maximum atomic E-state index is 12.3. The Kier molecular flexibility index (Phi) is 4.23. The number of carbonyl (C=O) groups excluding carboxylic acids is 2. The van der Waals surface area contributed by atoms with E-state index in [1.807, 2.05) is 0 Å². The number of pyridine rings is 1. The number of amides is 2. The number of nitrogens with one attached hydrogen (secondary N) is 2. The van der Waals surface area contributed by atoms with Gasteiger partial charge in [0, 0.05) is 24.1 Å². The zero-order valence-electron chi connectivity index (χ0n) is 12.7. The Bertz CT molecular complexity index is 724. The topological polar surface area (TPSA) is 80.3 Å². The van der Waals surface area contributed by atoms with E-state index in [-0.39, 0.29) is 17.9 Å². The van der Waals surface area contributed by atoms with Crippen molar-refractivity contribution in [1.82, 2.24) is 10.3 Å². The molecule has 0 unspecified atom stereocenters. The molecule has 2 amide bonds. The molecule has 0 aliphatic heterocycles. The second-order valence-electron chi connectivity index (χ2n) is 5.39. The minimum Gasteiger partial charge on any atom is -0.497 e. The molecule has 23 heavy (non-hydrogen) atoms. The van der Waals surface area contributed by atoms with Gasteiger partial charge in [-0.1, -0.05) is 0 Å². The predicted octanol–water partition coefficient (Wildman–Crippen LogP) is 2.23. The molecule has 2 N–H and O–H groups in total. The molecule has 1 aromatic carbocycles. The summed E-state index contributed by atoms with van der Waals surface area (Å²) >= 11 is 0. The third kappa shape index (κ3) is 3.85. The highest BCUT2D eigenvalue weighted by Gasteiger charge is 2.24. The van der Waals surface area contributed by atoms with Crippen LogP contribution in [0.25, 0.3) is 0 Å². The summed E-state index contributed by atoms with van der Waals surface area (Å²) in [4.78, 5) is 28.2. The number of methoxy groups -OCH3 is 1.